The van der Waals surface area contributed by atoms with E-state index in [0.717, 1.165) is 16.8 Å². The third-order valence-electron chi connectivity index (χ3n) is 1.78. The molecule has 0 fully saturated rings. The van der Waals surface area contributed by atoms with Gasteiger partial charge in [-0.2, -0.15) is 0 Å². The van der Waals surface area contributed by atoms with Crippen molar-refractivity contribution in [2.75, 3.05) is 5.73 Å². The van der Waals surface area contributed by atoms with Crippen molar-refractivity contribution in [3.63, 3.8) is 0 Å². The Morgan fingerprint density at radius 3 is 2.77 bits per heavy atom. The number of terminal acetylenes is 1. The molecule has 0 aliphatic carbocycles. The number of allylic oxidation sites excluding steroid dienone is 2. The number of nitrogens with two attached hydrogens (primary N) is 1. The Hall–Kier alpha value is -1.82. The summed E-state index contributed by atoms with van der Waals surface area (Å²) < 4.78 is 0. The van der Waals surface area contributed by atoms with E-state index in [0.29, 0.717) is 5.82 Å². The lowest BCUT2D eigenvalue weighted by Gasteiger charge is -2.05. The van der Waals surface area contributed by atoms with Crippen LogP contribution in [-0.2, 0) is 0 Å². The molecule has 1 rings (SSSR count). The molecule has 1 heterocycles. The van der Waals surface area contributed by atoms with Crippen LogP contribution in [0.1, 0.15) is 18.2 Å². The summed E-state index contributed by atoms with van der Waals surface area (Å²) in [6, 6.07) is 0. The number of nitrogens with zero attached hydrogens (tertiary/aromatic N) is 2. The quantitative estimate of drug-likeness (QED) is 0.653. The maximum absolute atomic E-state index is 5.69. The van der Waals surface area contributed by atoms with Crippen LogP contribution in [0.3, 0.4) is 0 Å². The molecule has 3 nitrogen and oxygen atoms in total. The average molecular weight is 173 g/mol. The predicted molar refractivity (Wildman–Crippen MR) is 53.7 cm³/mol. The van der Waals surface area contributed by atoms with Gasteiger partial charge in [0.15, 0.2) is 0 Å². The Morgan fingerprint density at radius 2 is 2.31 bits per heavy atom. The molecule has 0 aliphatic rings. The topological polar surface area (TPSA) is 51.8 Å². The number of anilines is 1. The summed E-state index contributed by atoms with van der Waals surface area (Å²) in [7, 11) is 0. The molecule has 0 amide bonds. The highest BCUT2D eigenvalue weighted by Gasteiger charge is 2.07. The first-order chi connectivity index (χ1) is 6.20. The fraction of sp³-hybridized carbons (Fsp3) is 0.200. The van der Waals surface area contributed by atoms with Crippen molar-refractivity contribution in [1.29, 1.82) is 0 Å². The van der Waals surface area contributed by atoms with Crippen molar-refractivity contribution < 1.29 is 0 Å². The monoisotopic (exact) mass is 173 g/mol. The molecule has 0 unspecified atom stereocenters. The molecule has 66 valence electrons. The molecular weight excluding hydrogens is 162 g/mol. The van der Waals surface area contributed by atoms with Gasteiger partial charge in [0.1, 0.15) is 12.1 Å². The lowest BCUT2D eigenvalue weighted by molar-refractivity contribution is 1.10. The van der Waals surface area contributed by atoms with Crippen LogP contribution < -0.4 is 5.73 Å². The van der Waals surface area contributed by atoms with E-state index in [1.807, 2.05) is 19.9 Å². The normalized spacial score (nSPS) is 11.0. The summed E-state index contributed by atoms with van der Waals surface area (Å²) in [5.41, 5.74) is 7.98. The van der Waals surface area contributed by atoms with Gasteiger partial charge in [0.2, 0.25) is 0 Å². The van der Waals surface area contributed by atoms with Gasteiger partial charge >= 0.3 is 0 Å². The predicted octanol–water partition coefficient (Wildman–Crippen LogP) is 1.40. The summed E-state index contributed by atoms with van der Waals surface area (Å²) in [5.74, 6) is 2.98. The van der Waals surface area contributed by atoms with E-state index in [4.69, 9.17) is 12.2 Å². The van der Waals surface area contributed by atoms with E-state index in [2.05, 4.69) is 15.9 Å². The second kappa shape index (κ2) is 3.72. The molecule has 0 radical (unpaired) electrons. The fourth-order valence-corrected chi connectivity index (χ4v) is 1.12. The highest BCUT2D eigenvalue weighted by molar-refractivity contribution is 5.83. The molecule has 0 aliphatic heterocycles. The SMILES string of the molecule is C#C/C(=C/C)c1c(C)ncnc1N. The van der Waals surface area contributed by atoms with Crippen LogP contribution >= 0.6 is 0 Å². The molecule has 0 bridgehead atoms. The maximum Gasteiger partial charge on any atom is 0.135 e. The molecule has 2 N–H and O–H groups in total. The van der Waals surface area contributed by atoms with E-state index in [-0.39, 0.29) is 0 Å². The zero-order valence-corrected chi connectivity index (χ0v) is 7.70. The molecule has 1 aromatic rings. The van der Waals surface area contributed by atoms with Gasteiger partial charge in [0, 0.05) is 5.57 Å². The van der Waals surface area contributed by atoms with E-state index < -0.39 is 0 Å². The molecule has 0 aromatic carbocycles. The van der Waals surface area contributed by atoms with Crippen molar-refractivity contribution in [2.45, 2.75) is 13.8 Å². The van der Waals surface area contributed by atoms with Gasteiger partial charge in [-0.25, -0.2) is 9.97 Å². The molecule has 0 spiro atoms. The zero-order valence-electron chi connectivity index (χ0n) is 7.70. The average Bonchev–Trinajstić information content (AvgIpc) is 2.11. The number of rotatable bonds is 1. The Bertz CT molecular complexity index is 365. The summed E-state index contributed by atoms with van der Waals surface area (Å²) in [6.07, 6.45) is 8.57. The lowest BCUT2D eigenvalue weighted by Crippen LogP contribution is -2.01. The van der Waals surface area contributed by atoms with Gasteiger partial charge in [-0.3, -0.25) is 0 Å². The molecule has 0 saturated heterocycles. The van der Waals surface area contributed by atoms with Crippen molar-refractivity contribution in [3.05, 3.63) is 23.7 Å². The second-order valence-electron chi connectivity index (χ2n) is 2.57. The number of hydrogen-bond acceptors (Lipinski definition) is 3. The number of nitrogen functional groups attached to an aromatic ring is 1. The Labute approximate surface area is 77.7 Å². The maximum atomic E-state index is 5.69. The van der Waals surface area contributed by atoms with E-state index in [1.54, 1.807) is 0 Å². The zero-order chi connectivity index (χ0) is 9.84. The van der Waals surface area contributed by atoms with E-state index in [1.165, 1.54) is 6.33 Å². The van der Waals surface area contributed by atoms with Gasteiger partial charge in [-0.1, -0.05) is 12.0 Å². The minimum atomic E-state index is 0.429. The summed E-state index contributed by atoms with van der Waals surface area (Å²) >= 11 is 0. The summed E-state index contributed by atoms with van der Waals surface area (Å²) in [5, 5.41) is 0. The van der Waals surface area contributed by atoms with Gasteiger partial charge in [-0.05, 0) is 13.8 Å². The molecule has 0 atom stereocenters. The van der Waals surface area contributed by atoms with Crippen LogP contribution in [0, 0.1) is 19.3 Å². The van der Waals surface area contributed by atoms with Crippen LogP contribution in [0.4, 0.5) is 5.82 Å². The van der Waals surface area contributed by atoms with Gasteiger partial charge < -0.3 is 5.73 Å². The minimum absolute atomic E-state index is 0.429. The summed E-state index contributed by atoms with van der Waals surface area (Å²) in [6.45, 7) is 3.72. The molecule has 13 heavy (non-hydrogen) atoms. The minimum Gasteiger partial charge on any atom is -0.383 e. The second-order valence-corrected chi connectivity index (χ2v) is 2.57. The summed E-state index contributed by atoms with van der Waals surface area (Å²) in [4.78, 5) is 7.92. The van der Waals surface area contributed by atoms with Crippen LogP contribution in [-0.4, -0.2) is 9.97 Å². The lowest BCUT2D eigenvalue weighted by atomic mass is 10.1. The van der Waals surface area contributed by atoms with Crippen molar-refractivity contribution >= 4 is 11.4 Å². The molecule has 0 saturated carbocycles. The first kappa shape index (κ1) is 9.27. The van der Waals surface area contributed by atoms with Crippen molar-refractivity contribution in [2.24, 2.45) is 0 Å². The van der Waals surface area contributed by atoms with Crippen molar-refractivity contribution in [1.82, 2.24) is 9.97 Å². The number of aryl methyl sites for hydroxylation is 1. The first-order valence-corrected chi connectivity index (χ1v) is 3.91. The third kappa shape index (κ3) is 1.67. The Morgan fingerprint density at radius 1 is 1.62 bits per heavy atom. The first-order valence-electron chi connectivity index (χ1n) is 3.91. The smallest absolute Gasteiger partial charge is 0.135 e. The van der Waals surface area contributed by atoms with E-state index >= 15 is 0 Å². The highest BCUT2D eigenvalue weighted by Crippen LogP contribution is 2.20. The largest absolute Gasteiger partial charge is 0.383 e. The fourth-order valence-electron chi connectivity index (χ4n) is 1.12. The van der Waals surface area contributed by atoms with Gasteiger partial charge in [0.05, 0.1) is 11.3 Å². The van der Waals surface area contributed by atoms with Crippen LogP contribution in [0.5, 0.6) is 0 Å². The standard InChI is InChI=1S/C10H11N3/c1-4-8(5-2)9-7(3)12-6-13-10(9)11/h1,5-6H,2-3H3,(H2,11,12,13)/b8-5-. The Kier molecular flexibility index (Phi) is 2.65. The van der Waals surface area contributed by atoms with Gasteiger partial charge in [0.25, 0.3) is 0 Å². The Balaban J connectivity index is 3.38. The van der Waals surface area contributed by atoms with Crippen molar-refractivity contribution in [3.8, 4) is 12.3 Å². The number of hydrogen-bond donors (Lipinski definition) is 1. The van der Waals surface area contributed by atoms with E-state index in [9.17, 15) is 0 Å². The third-order valence-corrected chi connectivity index (χ3v) is 1.78. The van der Waals surface area contributed by atoms with Crippen LogP contribution in [0.2, 0.25) is 0 Å². The van der Waals surface area contributed by atoms with Gasteiger partial charge in [-0.15, -0.1) is 6.42 Å². The highest BCUT2D eigenvalue weighted by atomic mass is 14.9. The van der Waals surface area contributed by atoms with Crippen LogP contribution in [0.25, 0.3) is 5.57 Å². The molecule has 1 aromatic heterocycles. The van der Waals surface area contributed by atoms with Crippen LogP contribution in [0.15, 0.2) is 12.4 Å². The molecule has 3 heteroatoms. The number of aromatic nitrogens is 2. The molecular formula is C10H11N3.